The SMILES string of the molecule is N#Cc1cccc(-c2cc(-c3cccc(C#N)c3)nc(-n3c4ccccc4c4cc5c(cc43)c3ccccc3n5-c3ccccc3)n2)c1. The molecule has 0 spiro atoms. The van der Waals surface area contributed by atoms with Gasteiger partial charge in [0.15, 0.2) is 0 Å². The first-order valence-electron chi connectivity index (χ1n) is 15.6. The molecule has 0 saturated heterocycles. The van der Waals surface area contributed by atoms with Crippen molar-refractivity contribution in [1.29, 1.82) is 10.5 Å². The molecule has 6 nitrogen and oxygen atoms in total. The Balaban J connectivity index is 1.39. The summed E-state index contributed by atoms with van der Waals surface area (Å²) in [7, 11) is 0. The van der Waals surface area contributed by atoms with Crippen LogP contribution in [-0.2, 0) is 0 Å². The van der Waals surface area contributed by atoms with Crippen LogP contribution < -0.4 is 0 Å². The summed E-state index contributed by atoms with van der Waals surface area (Å²) in [5, 5.41) is 23.8. The van der Waals surface area contributed by atoms with E-state index >= 15 is 0 Å². The van der Waals surface area contributed by atoms with E-state index in [0.29, 0.717) is 28.5 Å². The Bertz CT molecular complexity index is 2730. The van der Waals surface area contributed by atoms with Gasteiger partial charge in [-0.05, 0) is 66.7 Å². The molecule has 0 N–H and O–H groups in total. The van der Waals surface area contributed by atoms with Gasteiger partial charge in [-0.1, -0.05) is 78.9 Å². The molecule has 0 aliphatic carbocycles. The van der Waals surface area contributed by atoms with Gasteiger partial charge in [-0.3, -0.25) is 4.57 Å². The van der Waals surface area contributed by atoms with E-state index in [0.717, 1.165) is 60.4 Å². The monoisotopic (exact) mass is 612 g/mol. The van der Waals surface area contributed by atoms with Gasteiger partial charge in [0.05, 0.1) is 56.7 Å². The number of hydrogen-bond donors (Lipinski definition) is 0. The smallest absolute Gasteiger partial charge is 0.235 e. The molecule has 0 atom stereocenters. The number of nitrogens with zero attached hydrogens (tertiary/aromatic N) is 6. The standard InChI is InChI=1S/C42H24N6/c43-25-27-10-8-12-29(20-27)36-24-37(30-13-9-11-28(21-30)26-44)46-42(45-36)48-39-19-7-5-17-33(39)35-22-40-34(23-41(35)48)32-16-4-6-18-38(32)47(40)31-14-2-1-3-15-31/h1-24H. The molecule has 0 amide bonds. The third-order valence-electron chi connectivity index (χ3n) is 8.97. The Morgan fingerprint density at radius 2 is 0.917 bits per heavy atom. The molecule has 6 aromatic carbocycles. The minimum Gasteiger partial charge on any atom is -0.309 e. The molecule has 0 fully saturated rings. The predicted molar refractivity (Wildman–Crippen MR) is 191 cm³/mol. The summed E-state index contributed by atoms with van der Waals surface area (Å²) < 4.78 is 4.46. The van der Waals surface area contributed by atoms with Gasteiger partial charge in [0.25, 0.3) is 0 Å². The molecule has 9 aromatic rings. The van der Waals surface area contributed by atoms with Crippen molar-refractivity contribution in [3.8, 4) is 46.3 Å². The molecular weight excluding hydrogens is 589 g/mol. The van der Waals surface area contributed by atoms with E-state index in [-0.39, 0.29) is 0 Å². The molecule has 0 unspecified atom stereocenters. The van der Waals surface area contributed by atoms with Gasteiger partial charge in [-0.2, -0.15) is 10.5 Å². The topological polar surface area (TPSA) is 83.2 Å². The van der Waals surface area contributed by atoms with Gasteiger partial charge in [0.1, 0.15) is 0 Å². The zero-order valence-electron chi connectivity index (χ0n) is 25.5. The number of nitriles is 2. The molecule has 3 aromatic heterocycles. The summed E-state index contributed by atoms with van der Waals surface area (Å²) in [6, 6.07) is 53.2. The van der Waals surface area contributed by atoms with Gasteiger partial charge < -0.3 is 4.57 Å². The van der Waals surface area contributed by atoms with Crippen LogP contribution >= 0.6 is 0 Å². The van der Waals surface area contributed by atoms with Crippen molar-refractivity contribution >= 4 is 43.6 Å². The molecule has 0 saturated carbocycles. The Hall–Kier alpha value is -7.02. The van der Waals surface area contributed by atoms with Crippen molar-refractivity contribution in [3.63, 3.8) is 0 Å². The summed E-state index contributed by atoms with van der Waals surface area (Å²) in [6.45, 7) is 0. The molecule has 48 heavy (non-hydrogen) atoms. The first-order valence-corrected chi connectivity index (χ1v) is 15.6. The average molecular weight is 613 g/mol. The van der Waals surface area contributed by atoms with Gasteiger partial charge in [-0.15, -0.1) is 0 Å². The second-order valence-electron chi connectivity index (χ2n) is 11.8. The van der Waals surface area contributed by atoms with Gasteiger partial charge in [0, 0.05) is 38.4 Å². The van der Waals surface area contributed by atoms with Crippen molar-refractivity contribution < 1.29 is 0 Å². The zero-order valence-corrected chi connectivity index (χ0v) is 25.5. The molecule has 0 bridgehead atoms. The van der Waals surface area contributed by atoms with E-state index in [1.54, 1.807) is 12.1 Å². The highest BCUT2D eigenvalue weighted by Gasteiger charge is 2.20. The van der Waals surface area contributed by atoms with E-state index in [1.807, 2.05) is 54.6 Å². The fourth-order valence-electron chi connectivity index (χ4n) is 6.83. The number of aromatic nitrogens is 4. The van der Waals surface area contributed by atoms with Crippen LogP contribution in [0.25, 0.3) is 77.8 Å². The molecule has 3 heterocycles. The Morgan fingerprint density at radius 3 is 1.48 bits per heavy atom. The summed E-state index contributed by atoms with van der Waals surface area (Å²) in [4.78, 5) is 10.3. The maximum Gasteiger partial charge on any atom is 0.235 e. The van der Waals surface area contributed by atoms with Crippen LogP contribution in [0.15, 0.2) is 146 Å². The Labute approximate surface area is 275 Å². The van der Waals surface area contributed by atoms with Crippen molar-refractivity contribution in [2.75, 3.05) is 0 Å². The number of rotatable bonds is 4. The highest BCUT2D eigenvalue weighted by atomic mass is 15.2. The minimum absolute atomic E-state index is 0.504. The summed E-state index contributed by atoms with van der Waals surface area (Å²) >= 11 is 0. The lowest BCUT2D eigenvalue weighted by molar-refractivity contribution is 0.996. The second-order valence-corrected chi connectivity index (χ2v) is 11.8. The maximum atomic E-state index is 9.66. The molecule has 222 valence electrons. The molecule has 0 radical (unpaired) electrons. The van der Waals surface area contributed by atoms with E-state index in [9.17, 15) is 10.5 Å². The molecule has 0 aliphatic heterocycles. The lowest BCUT2D eigenvalue weighted by Gasteiger charge is -2.12. The van der Waals surface area contributed by atoms with Crippen LogP contribution in [0.5, 0.6) is 0 Å². The van der Waals surface area contributed by atoms with E-state index < -0.39 is 0 Å². The number of para-hydroxylation sites is 3. The number of hydrogen-bond acceptors (Lipinski definition) is 4. The summed E-state index contributed by atoms with van der Waals surface area (Å²) in [5.74, 6) is 0.504. The molecular formula is C42H24N6. The fourth-order valence-corrected chi connectivity index (χ4v) is 6.83. The van der Waals surface area contributed by atoms with Crippen LogP contribution in [0.3, 0.4) is 0 Å². The van der Waals surface area contributed by atoms with Crippen molar-refractivity contribution in [3.05, 3.63) is 157 Å². The van der Waals surface area contributed by atoms with Gasteiger partial charge in [-0.25, -0.2) is 9.97 Å². The molecule has 0 aliphatic rings. The van der Waals surface area contributed by atoms with Crippen molar-refractivity contribution in [2.45, 2.75) is 0 Å². The highest BCUT2D eigenvalue weighted by Crippen LogP contribution is 2.39. The largest absolute Gasteiger partial charge is 0.309 e. The van der Waals surface area contributed by atoms with Crippen LogP contribution in [0.4, 0.5) is 0 Å². The zero-order chi connectivity index (χ0) is 32.2. The minimum atomic E-state index is 0.504. The summed E-state index contributed by atoms with van der Waals surface area (Å²) in [6.07, 6.45) is 0. The lowest BCUT2D eigenvalue weighted by Crippen LogP contribution is -2.04. The van der Waals surface area contributed by atoms with E-state index in [2.05, 4.69) is 100 Å². The second kappa shape index (κ2) is 10.8. The van der Waals surface area contributed by atoms with Crippen LogP contribution in [0.1, 0.15) is 11.1 Å². The number of fused-ring (bicyclic) bond motifs is 6. The quantitative estimate of drug-likeness (QED) is 0.198. The Morgan fingerprint density at radius 1 is 0.417 bits per heavy atom. The van der Waals surface area contributed by atoms with Crippen molar-refractivity contribution in [2.24, 2.45) is 0 Å². The van der Waals surface area contributed by atoms with Crippen molar-refractivity contribution in [1.82, 2.24) is 19.1 Å². The van der Waals surface area contributed by atoms with E-state index in [4.69, 9.17) is 9.97 Å². The normalized spacial score (nSPS) is 11.3. The van der Waals surface area contributed by atoms with E-state index in [1.165, 1.54) is 0 Å². The molecule has 9 rings (SSSR count). The summed E-state index contributed by atoms with van der Waals surface area (Å²) in [5.41, 5.74) is 9.41. The van der Waals surface area contributed by atoms with Crippen LogP contribution in [0, 0.1) is 22.7 Å². The average Bonchev–Trinajstić information content (AvgIpc) is 3.66. The molecule has 6 heteroatoms. The maximum absolute atomic E-state index is 9.66. The van der Waals surface area contributed by atoms with Gasteiger partial charge >= 0.3 is 0 Å². The predicted octanol–water partition coefficient (Wildman–Crippen LogP) is 9.75. The number of benzene rings is 6. The van der Waals surface area contributed by atoms with Crippen LogP contribution in [-0.4, -0.2) is 19.1 Å². The lowest BCUT2D eigenvalue weighted by atomic mass is 10.0. The first-order chi connectivity index (χ1) is 23.7. The highest BCUT2D eigenvalue weighted by molar-refractivity contribution is 6.18. The van der Waals surface area contributed by atoms with Crippen LogP contribution in [0.2, 0.25) is 0 Å². The fraction of sp³-hybridized carbons (Fsp3) is 0. The first kappa shape index (κ1) is 27.3. The third-order valence-corrected chi connectivity index (χ3v) is 8.97. The Kier molecular flexibility index (Phi) is 6.15. The third kappa shape index (κ3) is 4.25. The van der Waals surface area contributed by atoms with Gasteiger partial charge in [0.2, 0.25) is 5.95 Å².